The van der Waals surface area contributed by atoms with Crippen LogP contribution in [0.3, 0.4) is 0 Å². The summed E-state index contributed by atoms with van der Waals surface area (Å²) in [5.74, 6) is 2.63. The number of aryl methyl sites for hydroxylation is 1. The van der Waals surface area contributed by atoms with Gasteiger partial charge in [0.05, 0.1) is 0 Å². The van der Waals surface area contributed by atoms with E-state index in [4.69, 9.17) is 0 Å². The molecule has 0 aliphatic carbocycles. The van der Waals surface area contributed by atoms with Gasteiger partial charge in [-0.15, -0.1) is 0 Å². The number of hydrogen-bond acceptors (Lipinski definition) is 6. The fourth-order valence-electron chi connectivity index (χ4n) is 2.98. The summed E-state index contributed by atoms with van der Waals surface area (Å²) in [5.41, 5.74) is 1.02. The average molecular weight is 309 g/mol. The Hall–Kier alpha value is -2.70. The van der Waals surface area contributed by atoms with Crippen LogP contribution in [-0.2, 0) is 6.42 Å². The summed E-state index contributed by atoms with van der Waals surface area (Å²) < 4.78 is 1.77. The highest BCUT2D eigenvalue weighted by atomic mass is 15.4. The predicted molar refractivity (Wildman–Crippen MR) is 88.6 cm³/mol. The summed E-state index contributed by atoms with van der Waals surface area (Å²) in [6.45, 7) is 4.02. The molecule has 3 aromatic heterocycles. The summed E-state index contributed by atoms with van der Waals surface area (Å²) >= 11 is 0. The monoisotopic (exact) mass is 309 g/mol. The van der Waals surface area contributed by atoms with E-state index in [0.29, 0.717) is 11.8 Å². The molecule has 1 aliphatic heterocycles. The van der Waals surface area contributed by atoms with Crippen molar-refractivity contribution in [3.05, 3.63) is 42.5 Å². The molecule has 0 amide bonds. The molecule has 3 aromatic rings. The van der Waals surface area contributed by atoms with Gasteiger partial charge < -0.3 is 10.2 Å². The van der Waals surface area contributed by atoms with Crippen LogP contribution in [0.2, 0.25) is 0 Å². The van der Waals surface area contributed by atoms with Crippen molar-refractivity contribution in [2.45, 2.75) is 25.8 Å². The second kappa shape index (κ2) is 5.83. The van der Waals surface area contributed by atoms with Gasteiger partial charge >= 0.3 is 0 Å². The molecular formula is C16H19N7. The maximum Gasteiger partial charge on any atom is 0.254 e. The zero-order chi connectivity index (χ0) is 15.6. The number of nitrogens with one attached hydrogen (secondary N) is 1. The smallest absolute Gasteiger partial charge is 0.254 e. The highest BCUT2D eigenvalue weighted by Crippen LogP contribution is 2.21. The Balaban J connectivity index is 1.54. The van der Waals surface area contributed by atoms with Crippen molar-refractivity contribution in [1.82, 2.24) is 24.6 Å². The SMILES string of the molecule is CCc1cc(NC2CCN(c3ccccn3)C2)n2ncnc2n1. The van der Waals surface area contributed by atoms with Gasteiger partial charge in [-0.1, -0.05) is 13.0 Å². The normalized spacial score (nSPS) is 17.8. The minimum absolute atomic E-state index is 0.358. The first kappa shape index (κ1) is 13.9. The highest BCUT2D eigenvalue weighted by molar-refractivity contribution is 5.47. The van der Waals surface area contributed by atoms with E-state index in [1.165, 1.54) is 0 Å². The number of nitrogens with zero attached hydrogens (tertiary/aromatic N) is 6. The molecule has 7 heteroatoms. The van der Waals surface area contributed by atoms with E-state index in [2.05, 4.69) is 49.3 Å². The van der Waals surface area contributed by atoms with Crippen molar-refractivity contribution in [3.63, 3.8) is 0 Å². The number of rotatable bonds is 4. The summed E-state index contributed by atoms with van der Waals surface area (Å²) in [4.78, 5) is 15.4. The second-order valence-corrected chi connectivity index (χ2v) is 5.72. The lowest BCUT2D eigenvalue weighted by atomic mass is 10.2. The van der Waals surface area contributed by atoms with Crippen LogP contribution in [0.25, 0.3) is 5.78 Å². The first-order chi connectivity index (χ1) is 11.3. The third-order valence-electron chi connectivity index (χ3n) is 4.18. The van der Waals surface area contributed by atoms with Crippen LogP contribution >= 0.6 is 0 Å². The molecule has 4 heterocycles. The van der Waals surface area contributed by atoms with Gasteiger partial charge in [0.1, 0.15) is 18.0 Å². The maximum absolute atomic E-state index is 4.48. The average Bonchev–Trinajstić information content (AvgIpc) is 3.24. The van der Waals surface area contributed by atoms with E-state index < -0.39 is 0 Å². The van der Waals surface area contributed by atoms with Crippen LogP contribution in [0.15, 0.2) is 36.8 Å². The molecule has 1 N–H and O–H groups in total. The molecule has 0 aromatic carbocycles. The van der Waals surface area contributed by atoms with Crippen molar-refractivity contribution in [2.75, 3.05) is 23.3 Å². The molecule has 1 aliphatic rings. The van der Waals surface area contributed by atoms with Crippen molar-refractivity contribution in [2.24, 2.45) is 0 Å². The molecular weight excluding hydrogens is 290 g/mol. The molecule has 1 saturated heterocycles. The summed E-state index contributed by atoms with van der Waals surface area (Å²) in [5, 5.41) is 7.86. The molecule has 4 rings (SSSR count). The standard InChI is InChI=1S/C16H19N7/c1-2-12-9-15(23-16(21-12)18-11-19-23)20-13-6-8-22(10-13)14-5-3-4-7-17-14/h3-5,7,9,11,13,20H,2,6,8,10H2,1H3. The molecule has 1 fully saturated rings. The van der Waals surface area contributed by atoms with Crippen LogP contribution in [0.4, 0.5) is 11.6 Å². The first-order valence-electron chi connectivity index (χ1n) is 7.95. The fraction of sp³-hybridized carbons (Fsp3) is 0.375. The number of hydrogen-bond donors (Lipinski definition) is 1. The molecule has 0 spiro atoms. The zero-order valence-electron chi connectivity index (χ0n) is 13.1. The van der Waals surface area contributed by atoms with E-state index in [-0.39, 0.29) is 0 Å². The lowest BCUT2D eigenvalue weighted by Crippen LogP contribution is -2.27. The van der Waals surface area contributed by atoms with Crippen LogP contribution < -0.4 is 10.2 Å². The number of anilines is 2. The molecule has 23 heavy (non-hydrogen) atoms. The van der Waals surface area contributed by atoms with Gasteiger partial charge in [-0.25, -0.2) is 9.97 Å². The minimum atomic E-state index is 0.358. The van der Waals surface area contributed by atoms with E-state index in [1.807, 2.05) is 18.3 Å². The molecule has 1 atom stereocenters. The number of fused-ring (bicyclic) bond motifs is 1. The summed E-state index contributed by atoms with van der Waals surface area (Å²) in [7, 11) is 0. The van der Waals surface area contributed by atoms with Gasteiger partial charge in [0.25, 0.3) is 5.78 Å². The molecule has 0 bridgehead atoms. The van der Waals surface area contributed by atoms with Crippen molar-refractivity contribution >= 4 is 17.4 Å². The van der Waals surface area contributed by atoms with Crippen LogP contribution in [0.5, 0.6) is 0 Å². The predicted octanol–water partition coefficient (Wildman–Crippen LogP) is 1.77. The van der Waals surface area contributed by atoms with E-state index >= 15 is 0 Å². The number of pyridine rings is 1. The highest BCUT2D eigenvalue weighted by Gasteiger charge is 2.24. The second-order valence-electron chi connectivity index (χ2n) is 5.72. The third kappa shape index (κ3) is 2.69. The topological polar surface area (TPSA) is 71.2 Å². The van der Waals surface area contributed by atoms with Crippen molar-refractivity contribution < 1.29 is 0 Å². The molecule has 1 unspecified atom stereocenters. The Morgan fingerprint density at radius 2 is 2.26 bits per heavy atom. The van der Waals surface area contributed by atoms with Gasteiger partial charge in [-0.3, -0.25) is 0 Å². The Morgan fingerprint density at radius 3 is 3.09 bits per heavy atom. The van der Waals surface area contributed by atoms with Crippen molar-refractivity contribution in [1.29, 1.82) is 0 Å². The Bertz CT molecular complexity index is 799. The van der Waals surface area contributed by atoms with Gasteiger partial charge in [-0.05, 0) is 25.0 Å². The lowest BCUT2D eigenvalue weighted by Gasteiger charge is -2.18. The minimum Gasteiger partial charge on any atom is -0.365 e. The van der Waals surface area contributed by atoms with Crippen LogP contribution in [0, 0.1) is 0 Å². The Labute approximate surface area is 134 Å². The van der Waals surface area contributed by atoms with Gasteiger partial charge in [-0.2, -0.15) is 14.6 Å². The van der Waals surface area contributed by atoms with Gasteiger partial charge in [0.2, 0.25) is 0 Å². The van der Waals surface area contributed by atoms with Gasteiger partial charge in [0.15, 0.2) is 0 Å². The Morgan fingerprint density at radius 1 is 1.30 bits per heavy atom. The molecule has 118 valence electrons. The third-order valence-corrected chi connectivity index (χ3v) is 4.18. The van der Waals surface area contributed by atoms with Crippen LogP contribution in [0.1, 0.15) is 19.0 Å². The fourth-order valence-corrected chi connectivity index (χ4v) is 2.98. The van der Waals surface area contributed by atoms with Crippen LogP contribution in [-0.4, -0.2) is 43.7 Å². The quantitative estimate of drug-likeness (QED) is 0.792. The summed E-state index contributed by atoms with van der Waals surface area (Å²) in [6.07, 6.45) is 5.33. The summed E-state index contributed by atoms with van der Waals surface area (Å²) in [6, 6.07) is 8.44. The first-order valence-corrected chi connectivity index (χ1v) is 7.95. The maximum atomic E-state index is 4.48. The van der Waals surface area contributed by atoms with Crippen molar-refractivity contribution in [3.8, 4) is 0 Å². The molecule has 7 nitrogen and oxygen atoms in total. The van der Waals surface area contributed by atoms with E-state index in [9.17, 15) is 0 Å². The number of aromatic nitrogens is 5. The molecule has 0 saturated carbocycles. The molecule has 0 radical (unpaired) electrons. The lowest BCUT2D eigenvalue weighted by molar-refractivity contribution is 0.781. The van der Waals surface area contributed by atoms with E-state index in [1.54, 1.807) is 10.8 Å². The Kier molecular flexibility index (Phi) is 3.53. The zero-order valence-corrected chi connectivity index (χ0v) is 13.1. The van der Waals surface area contributed by atoms with Gasteiger partial charge in [0, 0.05) is 37.1 Å². The van der Waals surface area contributed by atoms with E-state index in [0.717, 1.165) is 43.3 Å². The largest absolute Gasteiger partial charge is 0.365 e.